The lowest BCUT2D eigenvalue weighted by Gasteiger charge is -2.12. The van der Waals surface area contributed by atoms with Crippen LogP contribution in [0.4, 0.5) is 4.39 Å². The Labute approximate surface area is 134 Å². The molecule has 0 aliphatic heterocycles. The first-order chi connectivity index (χ1) is 10.0. The quantitative estimate of drug-likeness (QED) is 0.766. The Kier molecular flexibility index (Phi) is 6.09. The SMILES string of the molecule is CC(C)CNCc1ccc(Cl)cc1Sc1ccc(F)cc1. The molecule has 112 valence electrons. The van der Waals surface area contributed by atoms with E-state index in [2.05, 4.69) is 19.2 Å². The Balaban J connectivity index is 2.12. The minimum absolute atomic E-state index is 0.218. The van der Waals surface area contributed by atoms with Crippen LogP contribution >= 0.6 is 23.4 Å². The van der Waals surface area contributed by atoms with Gasteiger partial charge in [0.05, 0.1) is 0 Å². The van der Waals surface area contributed by atoms with Gasteiger partial charge >= 0.3 is 0 Å². The van der Waals surface area contributed by atoms with Crippen molar-refractivity contribution >= 4 is 23.4 Å². The molecule has 2 aromatic carbocycles. The van der Waals surface area contributed by atoms with Gasteiger partial charge in [-0.05, 0) is 54.4 Å². The lowest BCUT2D eigenvalue weighted by Crippen LogP contribution is -2.19. The van der Waals surface area contributed by atoms with Crippen molar-refractivity contribution in [3.8, 4) is 0 Å². The van der Waals surface area contributed by atoms with E-state index in [0.717, 1.165) is 22.9 Å². The summed E-state index contributed by atoms with van der Waals surface area (Å²) >= 11 is 7.70. The van der Waals surface area contributed by atoms with Gasteiger partial charge in [0.2, 0.25) is 0 Å². The molecule has 2 rings (SSSR count). The number of hydrogen-bond acceptors (Lipinski definition) is 2. The maximum Gasteiger partial charge on any atom is 0.123 e. The second-order valence-corrected chi connectivity index (χ2v) is 6.88. The minimum Gasteiger partial charge on any atom is -0.312 e. The van der Waals surface area contributed by atoms with Gasteiger partial charge < -0.3 is 5.32 Å². The van der Waals surface area contributed by atoms with E-state index in [-0.39, 0.29) is 5.82 Å². The molecule has 0 saturated heterocycles. The standard InChI is InChI=1S/C17H19ClFNS/c1-12(2)10-20-11-13-3-4-14(18)9-17(13)21-16-7-5-15(19)6-8-16/h3-9,12,20H,10-11H2,1-2H3. The van der Waals surface area contributed by atoms with Gasteiger partial charge in [0.25, 0.3) is 0 Å². The molecule has 2 aromatic rings. The van der Waals surface area contributed by atoms with Gasteiger partial charge in [0.15, 0.2) is 0 Å². The van der Waals surface area contributed by atoms with E-state index in [0.29, 0.717) is 10.9 Å². The maximum atomic E-state index is 13.0. The maximum absolute atomic E-state index is 13.0. The highest BCUT2D eigenvalue weighted by molar-refractivity contribution is 7.99. The van der Waals surface area contributed by atoms with Crippen molar-refractivity contribution in [2.45, 2.75) is 30.2 Å². The van der Waals surface area contributed by atoms with Crippen molar-refractivity contribution in [1.29, 1.82) is 0 Å². The van der Waals surface area contributed by atoms with Gasteiger partial charge in [0, 0.05) is 21.4 Å². The van der Waals surface area contributed by atoms with Crippen LogP contribution in [-0.2, 0) is 6.54 Å². The fraction of sp³-hybridized carbons (Fsp3) is 0.294. The summed E-state index contributed by atoms with van der Waals surface area (Å²) in [4.78, 5) is 2.11. The topological polar surface area (TPSA) is 12.0 Å². The van der Waals surface area contributed by atoms with Crippen molar-refractivity contribution in [3.05, 3.63) is 58.9 Å². The average molecular weight is 324 g/mol. The van der Waals surface area contributed by atoms with E-state index in [1.165, 1.54) is 17.7 Å². The van der Waals surface area contributed by atoms with E-state index in [1.807, 2.05) is 18.2 Å². The highest BCUT2D eigenvalue weighted by Gasteiger charge is 2.06. The third-order valence-electron chi connectivity index (χ3n) is 2.94. The summed E-state index contributed by atoms with van der Waals surface area (Å²) in [7, 11) is 0. The highest BCUT2D eigenvalue weighted by Crippen LogP contribution is 2.32. The normalized spacial score (nSPS) is 11.1. The predicted octanol–water partition coefficient (Wildman–Crippen LogP) is 5.38. The molecule has 0 heterocycles. The third kappa shape index (κ3) is 5.34. The fourth-order valence-corrected chi connectivity index (χ4v) is 3.11. The van der Waals surface area contributed by atoms with Crippen molar-refractivity contribution < 1.29 is 4.39 Å². The molecule has 0 bridgehead atoms. The Morgan fingerprint density at radius 2 is 1.86 bits per heavy atom. The van der Waals surface area contributed by atoms with Crippen molar-refractivity contribution in [1.82, 2.24) is 5.32 Å². The van der Waals surface area contributed by atoms with E-state index in [4.69, 9.17) is 11.6 Å². The number of hydrogen-bond donors (Lipinski definition) is 1. The van der Waals surface area contributed by atoms with Crippen LogP contribution in [0.5, 0.6) is 0 Å². The summed E-state index contributed by atoms with van der Waals surface area (Å²) in [6.07, 6.45) is 0. The Morgan fingerprint density at radius 3 is 2.52 bits per heavy atom. The molecule has 21 heavy (non-hydrogen) atoms. The van der Waals surface area contributed by atoms with Crippen LogP contribution in [0.25, 0.3) is 0 Å². The molecule has 1 N–H and O–H groups in total. The van der Waals surface area contributed by atoms with Gasteiger partial charge in [-0.1, -0.05) is 43.3 Å². The molecule has 0 unspecified atom stereocenters. The number of halogens is 2. The van der Waals surface area contributed by atoms with E-state index < -0.39 is 0 Å². The lowest BCUT2D eigenvalue weighted by atomic mass is 10.2. The number of nitrogens with one attached hydrogen (secondary N) is 1. The number of rotatable bonds is 6. The van der Waals surface area contributed by atoms with Crippen LogP contribution in [0, 0.1) is 11.7 Å². The van der Waals surface area contributed by atoms with Gasteiger partial charge in [-0.2, -0.15) is 0 Å². The summed E-state index contributed by atoms with van der Waals surface area (Å²) in [5, 5.41) is 4.15. The van der Waals surface area contributed by atoms with Crippen molar-refractivity contribution in [2.24, 2.45) is 5.92 Å². The summed E-state index contributed by atoms with van der Waals surface area (Å²) < 4.78 is 13.0. The second kappa shape index (κ2) is 7.83. The summed E-state index contributed by atoms with van der Waals surface area (Å²) in [5.74, 6) is 0.398. The largest absolute Gasteiger partial charge is 0.312 e. The van der Waals surface area contributed by atoms with Crippen LogP contribution in [0.3, 0.4) is 0 Å². The van der Waals surface area contributed by atoms with Crippen LogP contribution in [0.1, 0.15) is 19.4 Å². The first-order valence-electron chi connectivity index (χ1n) is 6.97. The molecule has 0 aliphatic rings. The molecule has 0 fully saturated rings. The van der Waals surface area contributed by atoms with Gasteiger partial charge in [-0.15, -0.1) is 0 Å². The highest BCUT2D eigenvalue weighted by atomic mass is 35.5. The van der Waals surface area contributed by atoms with Gasteiger partial charge in [-0.3, -0.25) is 0 Å². The third-order valence-corrected chi connectivity index (χ3v) is 4.28. The van der Waals surface area contributed by atoms with E-state index in [1.54, 1.807) is 23.9 Å². The molecule has 0 saturated carbocycles. The molecule has 0 aromatic heterocycles. The second-order valence-electron chi connectivity index (χ2n) is 5.33. The molecule has 0 atom stereocenters. The van der Waals surface area contributed by atoms with E-state index in [9.17, 15) is 4.39 Å². The summed E-state index contributed by atoms with van der Waals surface area (Å²) in [6, 6.07) is 12.4. The molecule has 0 aliphatic carbocycles. The molecular formula is C17H19ClFNS. The summed E-state index contributed by atoms with van der Waals surface area (Å²) in [5.41, 5.74) is 1.20. The Bertz CT molecular complexity index is 584. The number of benzene rings is 2. The molecule has 0 amide bonds. The molecule has 0 radical (unpaired) electrons. The monoisotopic (exact) mass is 323 g/mol. The minimum atomic E-state index is -0.218. The zero-order chi connectivity index (χ0) is 15.2. The molecule has 0 spiro atoms. The van der Waals surface area contributed by atoms with Crippen LogP contribution in [0.2, 0.25) is 5.02 Å². The molecular weight excluding hydrogens is 305 g/mol. The molecule has 4 heteroatoms. The Hall–Kier alpha value is -1.03. The van der Waals surface area contributed by atoms with Crippen molar-refractivity contribution in [3.63, 3.8) is 0 Å². The smallest absolute Gasteiger partial charge is 0.123 e. The first kappa shape index (κ1) is 16.3. The van der Waals surface area contributed by atoms with Crippen LogP contribution in [0.15, 0.2) is 52.3 Å². The van der Waals surface area contributed by atoms with Gasteiger partial charge in [0.1, 0.15) is 5.82 Å². The summed E-state index contributed by atoms with van der Waals surface area (Å²) in [6.45, 7) is 6.15. The lowest BCUT2D eigenvalue weighted by molar-refractivity contribution is 0.550. The molecule has 1 nitrogen and oxygen atoms in total. The van der Waals surface area contributed by atoms with Crippen LogP contribution < -0.4 is 5.32 Å². The zero-order valence-electron chi connectivity index (χ0n) is 12.2. The average Bonchev–Trinajstić information content (AvgIpc) is 2.43. The van der Waals surface area contributed by atoms with E-state index >= 15 is 0 Å². The van der Waals surface area contributed by atoms with Crippen molar-refractivity contribution in [2.75, 3.05) is 6.54 Å². The fourth-order valence-electron chi connectivity index (χ4n) is 1.89. The predicted molar refractivity (Wildman–Crippen MR) is 88.5 cm³/mol. The Morgan fingerprint density at radius 1 is 1.14 bits per heavy atom. The zero-order valence-corrected chi connectivity index (χ0v) is 13.8. The first-order valence-corrected chi connectivity index (χ1v) is 8.16. The van der Waals surface area contributed by atoms with Gasteiger partial charge in [-0.25, -0.2) is 4.39 Å². The van der Waals surface area contributed by atoms with Crippen LogP contribution in [-0.4, -0.2) is 6.54 Å².